The van der Waals surface area contributed by atoms with E-state index in [4.69, 9.17) is 5.73 Å². The SMILES string of the molecule is NC(=O)C1CCCC(NCc2ccc(OC(F)F)c(F)c2)C1. The first-order valence-corrected chi connectivity index (χ1v) is 7.21. The number of primary amides is 1. The van der Waals surface area contributed by atoms with Crippen molar-refractivity contribution >= 4 is 5.91 Å². The van der Waals surface area contributed by atoms with E-state index in [1.165, 1.54) is 18.2 Å². The van der Waals surface area contributed by atoms with Crippen LogP contribution in [0.15, 0.2) is 18.2 Å². The molecule has 0 aliphatic heterocycles. The van der Waals surface area contributed by atoms with Crippen LogP contribution in [0.3, 0.4) is 0 Å². The van der Waals surface area contributed by atoms with Gasteiger partial charge in [0.15, 0.2) is 11.6 Å². The molecule has 1 aromatic carbocycles. The average molecular weight is 316 g/mol. The Bertz CT molecular complexity index is 526. The van der Waals surface area contributed by atoms with Crippen molar-refractivity contribution in [3.05, 3.63) is 29.6 Å². The molecule has 2 unspecified atom stereocenters. The Morgan fingerprint density at radius 3 is 2.82 bits per heavy atom. The lowest BCUT2D eigenvalue weighted by Crippen LogP contribution is -2.38. The fourth-order valence-corrected chi connectivity index (χ4v) is 2.74. The molecule has 7 heteroatoms. The van der Waals surface area contributed by atoms with Crippen molar-refractivity contribution in [3.63, 3.8) is 0 Å². The molecule has 1 fully saturated rings. The van der Waals surface area contributed by atoms with Gasteiger partial charge >= 0.3 is 6.61 Å². The molecule has 1 aliphatic carbocycles. The quantitative estimate of drug-likeness (QED) is 0.848. The second-order valence-electron chi connectivity index (χ2n) is 5.49. The number of carbonyl (C=O) groups is 1. The summed E-state index contributed by atoms with van der Waals surface area (Å²) in [6.45, 7) is -2.66. The van der Waals surface area contributed by atoms with Crippen LogP contribution in [0.2, 0.25) is 0 Å². The predicted octanol–water partition coefficient (Wildman–Crippen LogP) is 2.56. The summed E-state index contributed by atoms with van der Waals surface area (Å²) >= 11 is 0. The second-order valence-corrected chi connectivity index (χ2v) is 5.49. The van der Waals surface area contributed by atoms with Crippen LogP contribution in [0.25, 0.3) is 0 Å². The number of alkyl halides is 2. The first-order chi connectivity index (χ1) is 10.5. The van der Waals surface area contributed by atoms with Crippen molar-refractivity contribution in [2.75, 3.05) is 0 Å². The number of hydrogen-bond acceptors (Lipinski definition) is 3. The van der Waals surface area contributed by atoms with Crippen LogP contribution in [-0.4, -0.2) is 18.6 Å². The number of nitrogens with one attached hydrogen (secondary N) is 1. The second kappa shape index (κ2) is 7.49. The molecular weight excluding hydrogens is 297 g/mol. The Kier molecular flexibility index (Phi) is 5.65. The van der Waals surface area contributed by atoms with E-state index in [0.717, 1.165) is 19.3 Å². The third-order valence-corrected chi connectivity index (χ3v) is 3.88. The number of hydrogen-bond donors (Lipinski definition) is 2. The zero-order valence-electron chi connectivity index (χ0n) is 12.0. The Labute approximate surface area is 126 Å². The van der Waals surface area contributed by atoms with Gasteiger partial charge in [0.05, 0.1) is 0 Å². The number of nitrogens with two attached hydrogens (primary N) is 1. The van der Waals surface area contributed by atoms with Crippen molar-refractivity contribution < 1.29 is 22.7 Å². The maximum Gasteiger partial charge on any atom is 0.387 e. The van der Waals surface area contributed by atoms with Gasteiger partial charge in [0.2, 0.25) is 5.91 Å². The number of benzene rings is 1. The molecule has 2 rings (SSSR count). The molecule has 1 aromatic rings. The van der Waals surface area contributed by atoms with Gasteiger partial charge in [-0.3, -0.25) is 4.79 Å². The van der Waals surface area contributed by atoms with Gasteiger partial charge in [0, 0.05) is 18.5 Å². The summed E-state index contributed by atoms with van der Waals surface area (Å²) in [5.41, 5.74) is 5.95. The molecule has 1 aliphatic rings. The first-order valence-electron chi connectivity index (χ1n) is 7.21. The molecule has 0 radical (unpaired) electrons. The van der Waals surface area contributed by atoms with Gasteiger partial charge in [0.1, 0.15) is 0 Å². The molecule has 0 aromatic heterocycles. The molecule has 4 nitrogen and oxygen atoms in total. The third-order valence-electron chi connectivity index (χ3n) is 3.88. The minimum Gasteiger partial charge on any atom is -0.432 e. The van der Waals surface area contributed by atoms with Crippen LogP contribution in [0.1, 0.15) is 31.2 Å². The number of halogens is 3. The normalized spacial score (nSPS) is 21.8. The van der Waals surface area contributed by atoms with Gasteiger partial charge in [-0.15, -0.1) is 0 Å². The summed E-state index contributed by atoms with van der Waals surface area (Å²) in [4.78, 5) is 11.2. The van der Waals surface area contributed by atoms with Gasteiger partial charge in [0.25, 0.3) is 0 Å². The fraction of sp³-hybridized carbons (Fsp3) is 0.533. The Morgan fingerprint density at radius 1 is 1.41 bits per heavy atom. The smallest absolute Gasteiger partial charge is 0.387 e. The summed E-state index contributed by atoms with van der Waals surface area (Å²) in [6.07, 6.45) is 3.33. The van der Waals surface area contributed by atoms with Crippen molar-refractivity contribution in [3.8, 4) is 5.75 Å². The zero-order valence-corrected chi connectivity index (χ0v) is 12.0. The lowest BCUT2D eigenvalue weighted by Gasteiger charge is -2.28. The topological polar surface area (TPSA) is 64.4 Å². The standard InChI is InChI=1S/C15H19F3N2O2/c16-12-6-9(4-5-13(12)22-15(17)18)8-20-11-3-1-2-10(7-11)14(19)21/h4-6,10-11,15,20H,1-3,7-8H2,(H2,19,21). The number of amides is 1. The highest BCUT2D eigenvalue weighted by molar-refractivity contribution is 5.76. The van der Waals surface area contributed by atoms with Crippen LogP contribution in [0.5, 0.6) is 5.75 Å². The summed E-state index contributed by atoms with van der Waals surface area (Å²) < 4.78 is 41.8. The van der Waals surface area contributed by atoms with Gasteiger partial charge < -0.3 is 15.8 Å². The highest BCUT2D eigenvalue weighted by Gasteiger charge is 2.25. The van der Waals surface area contributed by atoms with Gasteiger partial charge in [-0.2, -0.15) is 8.78 Å². The lowest BCUT2D eigenvalue weighted by atomic mass is 9.85. The number of carbonyl (C=O) groups excluding carboxylic acids is 1. The summed E-state index contributed by atoms with van der Waals surface area (Å²) in [6, 6.07) is 4.03. The molecule has 22 heavy (non-hydrogen) atoms. The molecule has 0 bridgehead atoms. The average Bonchev–Trinajstić information content (AvgIpc) is 2.47. The van der Waals surface area contributed by atoms with Crippen molar-refractivity contribution in [2.24, 2.45) is 11.7 Å². The Hall–Kier alpha value is -1.76. The molecule has 1 saturated carbocycles. The molecule has 0 saturated heterocycles. The minimum atomic E-state index is -3.05. The largest absolute Gasteiger partial charge is 0.432 e. The number of ether oxygens (including phenoxy) is 1. The van der Waals surface area contributed by atoms with Gasteiger partial charge in [-0.1, -0.05) is 12.5 Å². The maximum absolute atomic E-state index is 13.6. The van der Waals surface area contributed by atoms with E-state index in [1.54, 1.807) is 0 Å². The van der Waals surface area contributed by atoms with E-state index < -0.39 is 18.2 Å². The van der Waals surface area contributed by atoms with E-state index in [-0.39, 0.29) is 17.9 Å². The highest BCUT2D eigenvalue weighted by atomic mass is 19.3. The lowest BCUT2D eigenvalue weighted by molar-refractivity contribution is -0.122. The maximum atomic E-state index is 13.6. The van der Waals surface area contributed by atoms with Crippen molar-refractivity contribution in [2.45, 2.75) is 44.9 Å². The van der Waals surface area contributed by atoms with E-state index in [1.807, 2.05) is 0 Å². The van der Waals surface area contributed by atoms with Crippen molar-refractivity contribution in [1.82, 2.24) is 5.32 Å². The highest BCUT2D eigenvalue weighted by Crippen LogP contribution is 2.25. The monoisotopic (exact) mass is 316 g/mol. The van der Waals surface area contributed by atoms with E-state index >= 15 is 0 Å². The van der Waals surface area contributed by atoms with Crippen LogP contribution < -0.4 is 15.8 Å². The van der Waals surface area contributed by atoms with Crippen molar-refractivity contribution in [1.29, 1.82) is 0 Å². The van der Waals surface area contributed by atoms with Crippen LogP contribution >= 0.6 is 0 Å². The van der Waals surface area contributed by atoms with Gasteiger partial charge in [-0.05, 0) is 37.0 Å². The minimum absolute atomic E-state index is 0.121. The Morgan fingerprint density at radius 2 is 2.18 bits per heavy atom. The molecule has 0 spiro atoms. The van der Waals surface area contributed by atoms with Crippen LogP contribution in [-0.2, 0) is 11.3 Å². The molecule has 2 atom stereocenters. The molecular formula is C15H19F3N2O2. The zero-order chi connectivity index (χ0) is 16.1. The van der Waals surface area contributed by atoms with Crippen LogP contribution in [0, 0.1) is 11.7 Å². The first kappa shape index (κ1) is 16.6. The molecule has 3 N–H and O–H groups in total. The molecule has 1 amide bonds. The third kappa shape index (κ3) is 4.62. The van der Waals surface area contributed by atoms with Gasteiger partial charge in [-0.25, -0.2) is 4.39 Å². The Balaban J connectivity index is 1.89. The summed E-state index contributed by atoms with van der Waals surface area (Å²) in [5, 5.41) is 3.25. The van der Waals surface area contributed by atoms with E-state index in [9.17, 15) is 18.0 Å². The molecule has 0 heterocycles. The van der Waals surface area contributed by atoms with E-state index in [0.29, 0.717) is 18.5 Å². The fourth-order valence-electron chi connectivity index (χ4n) is 2.74. The number of rotatable bonds is 6. The predicted molar refractivity (Wildman–Crippen MR) is 74.8 cm³/mol. The molecule has 122 valence electrons. The summed E-state index contributed by atoms with van der Waals surface area (Å²) in [7, 11) is 0. The van der Waals surface area contributed by atoms with E-state index in [2.05, 4.69) is 10.1 Å². The van der Waals surface area contributed by atoms with Crippen LogP contribution in [0.4, 0.5) is 13.2 Å². The summed E-state index contributed by atoms with van der Waals surface area (Å²) in [5.74, 6) is -1.70.